The molecular formula is C9H15N5O4. The molecule has 0 bridgehead atoms. The number of carbonyl (C=O) groups is 1. The number of anilines is 1. The first kappa shape index (κ1) is 13.9. The van der Waals surface area contributed by atoms with Crippen LogP contribution in [-0.4, -0.2) is 38.4 Å². The number of hydrogen-bond acceptors (Lipinski definition) is 6. The van der Waals surface area contributed by atoms with E-state index in [0.29, 0.717) is 12.1 Å². The molecule has 9 nitrogen and oxygen atoms in total. The molecule has 4 N–H and O–H groups in total. The smallest absolute Gasteiger partial charge is 0.333 e. The van der Waals surface area contributed by atoms with Gasteiger partial charge in [0, 0.05) is 7.05 Å². The van der Waals surface area contributed by atoms with Crippen molar-refractivity contribution < 1.29 is 14.8 Å². The van der Waals surface area contributed by atoms with Crippen LogP contribution in [0, 0.1) is 10.1 Å². The summed E-state index contributed by atoms with van der Waals surface area (Å²) >= 11 is 0. The summed E-state index contributed by atoms with van der Waals surface area (Å²) in [4.78, 5) is 21.1. The van der Waals surface area contributed by atoms with E-state index in [2.05, 4.69) is 10.4 Å². The van der Waals surface area contributed by atoms with Gasteiger partial charge in [-0.15, -0.1) is 0 Å². The molecule has 0 aliphatic rings. The highest BCUT2D eigenvalue weighted by Crippen LogP contribution is 2.28. The predicted molar refractivity (Wildman–Crippen MR) is 62.9 cm³/mol. The normalized spacial score (nSPS) is 12.2. The molecule has 9 heteroatoms. The summed E-state index contributed by atoms with van der Waals surface area (Å²) in [6.45, 7) is 1.54. The number of nitrogens with one attached hydrogen (secondary N) is 1. The lowest BCUT2D eigenvalue weighted by atomic mass is 10.3. The zero-order chi connectivity index (χ0) is 13.9. The Morgan fingerprint density at radius 2 is 2.33 bits per heavy atom. The van der Waals surface area contributed by atoms with Gasteiger partial charge in [0.2, 0.25) is 11.7 Å². The topological polar surface area (TPSA) is 136 Å². The maximum Gasteiger partial charge on any atom is 0.333 e. The van der Waals surface area contributed by atoms with Crippen LogP contribution in [0.5, 0.6) is 0 Å². The Kier molecular flexibility index (Phi) is 4.21. The molecule has 0 saturated heterocycles. The maximum absolute atomic E-state index is 11.0. The summed E-state index contributed by atoms with van der Waals surface area (Å²) in [7, 11) is 1.53. The number of nitrogens with two attached hydrogens (primary N) is 1. The molecular weight excluding hydrogens is 242 g/mol. The number of aryl methyl sites for hydroxylation is 2. The van der Waals surface area contributed by atoms with E-state index < -0.39 is 16.9 Å². The summed E-state index contributed by atoms with van der Waals surface area (Å²) in [5, 5.41) is 26.8. The first-order valence-electron chi connectivity index (χ1n) is 5.30. The first-order chi connectivity index (χ1) is 8.38. The molecule has 1 heterocycles. The van der Waals surface area contributed by atoms with Crippen LogP contribution in [0.4, 0.5) is 11.5 Å². The molecule has 1 unspecified atom stereocenters. The van der Waals surface area contributed by atoms with Gasteiger partial charge in [0.1, 0.15) is 11.8 Å². The molecule has 0 saturated carbocycles. The third-order valence-corrected chi connectivity index (χ3v) is 2.40. The van der Waals surface area contributed by atoms with Crippen molar-refractivity contribution in [1.29, 1.82) is 0 Å². The maximum atomic E-state index is 11.0. The highest BCUT2D eigenvalue weighted by atomic mass is 16.6. The summed E-state index contributed by atoms with van der Waals surface area (Å²) < 4.78 is 1.30. The molecule has 0 aliphatic carbocycles. The van der Waals surface area contributed by atoms with Gasteiger partial charge in [0.15, 0.2) is 0 Å². The number of nitro groups is 1. The number of aliphatic hydroxyl groups excluding tert-OH is 1. The Hall–Kier alpha value is -2.16. The highest BCUT2D eigenvalue weighted by Gasteiger charge is 2.26. The summed E-state index contributed by atoms with van der Waals surface area (Å²) in [5.41, 5.74) is 5.06. The van der Waals surface area contributed by atoms with Gasteiger partial charge < -0.3 is 16.2 Å². The van der Waals surface area contributed by atoms with Gasteiger partial charge in [0.25, 0.3) is 0 Å². The second kappa shape index (κ2) is 5.45. The van der Waals surface area contributed by atoms with E-state index in [1.165, 1.54) is 11.7 Å². The molecule has 0 radical (unpaired) electrons. The van der Waals surface area contributed by atoms with Crippen LogP contribution in [0.25, 0.3) is 0 Å². The standard InChI is InChI=1S/C9H15N5O4/c1-3-5-7(14(17)18)9(13(2)12-5)11-4-6(15)8(10)16/h6,11,15H,3-4H2,1-2H3,(H2,10,16). The number of carbonyl (C=O) groups excluding carboxylic acids is 1. The van der Waals surface area contributed by atoms with Crippen molar-refractivity contribution >= 4 is 17.4 Å². The third-order valence-electron chi connectivity index (χ3n) is 2.40. The van der Waals surface area contributed by atoms with E-state index in [1.807, 2.05) is 0 Å². The Labute approximate surface area is 103 Å². The van der Waals surface area contributed by atoms with Crippen LogP contribution in [0.2, 0.25) is 0 Å². The van der Waals surface area contributed by atoms with Crippen LogP contribution in [0.15, 0.2) is 0 Å². The largest absolute Gasteiger partial charge is 0.381 e. The lowest BCUT2D eigenvalue weighted by molar-refractivity contribution is -0.384. The quantitative estimate of drug-likeness (QED) is 0.448. The van der Waals surface area contributed by atoms with Gasteiger partial charge in [-0.1, -0.05) is 6.92 Å². The molecule has 1 aromatic heterocycles. The lowest BCUT2D eigenvalue weighted by Gasteiger charge is -2.08. The lowest BCUT2D eigenvalue weighted by Crippen LogP contribution is -2.34. The molecule has 1 rings (SSSR count). The van der Waals surface area contributed by atoms with Crippen LogP contribution < -0.4 is 11.1 Å². The van der Waals surface area contributed by atoms with Gasteiger partial charge in [-0.2, -0.15) is 5.10 Å². The molecule has 0 aromatic carbocycles. The van der Waals surface area contributed by atoms with Crippen molar-refractivity contribution in [2.24, 2.45) is 12.8 Å². The van der Waals surface area contributed by atoms with Crippen LogP contribution >= 0.6 is 0 Å². The zero-order valence-electron chi connectivity index (χ0n) is 10.1. The van der Waals surface area contributed by atoms with Crippen LogP contribution in [0.3, 0.4) is 0 Å². The Balaban J connectivity index is 2.97. The van der Waals surface area contributed by atoms with Crippen molar-refractivity contribution in [2.45, 2.75) is 19.4 Å². The summed E-state index contributed by atoms with van der Waals surface area (Å²) in [6, 6.07) is 0. The van der Waals surface area contributed by atoms with Gasteiger partial charge >= 0.3 is 5.69 Å². The molecule has 100 valence electrons. The fourth-order valence-corrected chi connectivity index (χ4v) is 1.49. The van der Waals surface area contributed by atoms with E-state index in [4.69, 9.17) is 5.73 Å². The number of aromatic nitrogens is 2. The number of amides is 1. The van der Waals surface area contributed by atoms with Gasteiger partial charge in [-0.3, -0.25) is 14.9 Å². The van der Waals surface area contributed by atoms with E-state index in [0.717, 1.165) is 0 Å². The summed E-state index contributed by atoms with van der Waals surface area (Å²) in [6.07, 6.45) is -1.01. The van der Waals surface area contributed by atoms with E-state index >= 15 is 0 Å². The van der Waals surface area contributed by atoms with Crippen molar-refractivity contribution in [3.8, 4) is 0 Å². The zero-order valence-corrected chi connectivity index (χ0v) is 10.1. The third kappa shape index (κ3) is 2.74. The molecule has 1 aromatic rings. The van der Waals surface area contributed by atoms with E-state index in [1.54, 1.807) is 6.92 Å². The van der Waals surface area contributed by atoms with Gasteiger partial charge in [0.05, 0.1) is 11.5 Å². The van der Waals surface area contributed by atoms with Crippen molar-refractivity contribution in [3.63, 3.8) is 0 Å². The number of hydrogen-bond donors (Lipinski definition) is 3. The molecule has 0 aliphatic heterocycles. The second-order valence-electron chi connectivity index (χ2n) is 3.68. The van der Waals surface area contributed by atoms with Crippen LogP contribution in [0.1, 0.15) is 12.6 Å². The molecule has 0 spiro atoms. The second-order valence-corrected chi connectivity index (χ2v) is 3.68. The molecule has 0 fully saturated rings. The molecule has 18 heavy (non-hydrogen) atoms. The minimum atomic E-state index is -1.41. The number of rotatable bonds is 6. The Morgan fingerprint density at radius 3 is 2.78 bits per heavy atom. The average Bonchev–Trinajstić information content (AvgIpc) is 2.62. The monoisotopic (exact) mass is 257 g/mol. The first-order valence-corrected chi connectivity index (χ1v) is 5.30. The molecule has 1 atom stereocenters. The number of aliphatic hydroxyl groups is 1. The Morgan fingerprint density at radius 1 is 1.72 bits per heavy atom. The van der Waals surface area contributed by atoms with E-state index in [-0.39, 0.29) is 18.1 Å². The fourth-order valence-electron chi connectivity index (χ4n) is 1.49. The number of primary amides is 1. The fraction of sp³-hybridized carbons (Fsp3) is 0.556. The van der Waals surface area contributed by atoms with Crippen molar-refractivity contribution in [3.05, 3.63) is 15.8 Å². The average molecular weight is 257 g/mol. The minimum absolute atomic E-state index is 0.136. The van der Waals surface area contributed by atoms with Gasteiger partial charge in [-0.25, -0.2) is 4.68 Å². The molecule has 1 amide bonds. The Bertz CT molecular complexity index is 470. The number of nitrogens with zero attached hydrogens (tertiary/aromatic N) is 3. The minimum Gasteiger partial charge on any atom is -0.381 e. The van der Waals surface area contributed by atoms with Crippen molar-refractivity contribution in [2.75, 3.05) is 11.9 Å². The van der Waals surface area contributed by atoms with E-state index in [9.17, 15) is 20.0 Å². The summed E-state index contributed by atoms with van der Waals surface area (Å²) in [5.74, 6) is -0.764. The van der Waals surface area contributed by atoms with Gasteiger partial charge in [-0.05, 0) is 6.42 Å². The SMILES string of the molecule is CCc1nn(C)c(NCC(O)C(N)=O)c1[N+](=O)[O-]. The predicted octanol–water partition coefficient (Wildman–Crippen LogP) is -0.851. The highest BCUT2D eigenvalue weighted by molar-refractivity contribution is 5.79. The van der Waals surface area contributed by atoms with Crippen molar-refractivity contribution in [1.82, 2.24) is 9.78 Å². The van der Waals surface area contributed by atoms with Crippen LogP contribution in [-0.2, 0) is 18.3 Å².